The number of aromatic nitrogens is 1. The normalized spacial score (nSPS) is 23.6. The van der Waals surface area contributed by atoms with E-state index >= 15 is 0 Å². The Morgan fingerprint density at radius 3 is 2.88 bits per heavy atom. The molecule has 2 atom stereocenters. The maximum absolute atomic E-state index is 10.8. The molecule has 2 unspecified atom stereocenters. The predicted octanol–water partition coefficient (Wildman–Crippen LogP) is 0.753. The number of hydrogen-bond donors (Lipinski definition) is 3. The van der Waals surface area contributed by atoms with Crippen molar-refractivity contribution in [1.82, 2.24) is 4.98 Å². The van der Waals surface area contributed by atoms with E-state index in [1.165, 1.54) is 6.20 Å². The van der Waals surface area contributed by atoms with Crippen LogP contribution >= 0.6 is 0 Å². The van der Waals surface area contributed by atoms with Gasteiger partial charge in [0, 0.05) is 12.7 Å². The van der Waals surface area contributed by atoms with E-state index in [2.05, 4.69) is 10.3 Å². The van der Waals surface area contributed by atoms with Gasteiger partial charge in [-0.15, -0.1) is 0 Å². The molecule has 0 bridgehead atoms. The summed E-state index contributed by atoms with van der Waals surface area (Å²) < 4.78 is 0. The molecule has 5 nitrogen and oxygen atoms in total. The van der Waals surface area contributed by atoms with E-state index in [9.17, 15) is 9.90 Å². The number of primary amides is 1. The van der Waals surface area contributed by atoms with Gasteiger partial charge >= 0.3 is 0 Å². The highest BCUT2D eigenvalue weighted by Crippen LogP contribution is 2.25. The van der Waals surface area contributed by atoms with E-state index in [1.807, 2.05) is 0 Å². The molecule has 1 aliphatic rings. The molecule has 2 rings (SSSR count). The van der Waals surface area contributed by atoms with Crippen molar-refractivity contribution in [3.05, 3.63) is 23.9 Å². The van der Waals surface area contributed by atoms with Crippen molar-refractivity contribution >= 4 is 11.7 Å². The second kappa shape index (κ2) is 5.14. The Hall–Kier alpha value is -1.62. The Bertz CT molecular complexity index is 391. The van der Waals surface area contributed by atoms with Gasteiger partial charge in [-0.05, 0) is 37.3 Å². The molecule has 1 aromatic heterocycles. The fourth-order valence-electron chi connectivity index (χ4n) is 2.13. The molecule has 0 aromatic carbocycles. The molecule has 0 spiro atoms. The smallest absolute Gasteiger partial charge is 0.250 e. The van der Waals surface area contributed by atoms with Gasteiger partial charge in [0.15, 0.2) is 0 Å². The molecular formula is C12H17N3O2. The fourth-order valence-corrected chi connectivity index (χ4v) is 2.13. The molecule has 1 heterocycles. The topological polar surface area (TPSA) is 88.2 Å². The standard InChI is InChI=1S/C12H17N3O2/c13-12(17)9-2-4-11(15-7-9)14-6-8-1-3-10(16)5-8/h2,4,7-8,10,16H,1,3,5-6H2,(H2,13,17)(H,14,15). The minimum atomic E-state index is -0.469. The monoisotopic (exact) mass is 235 g/mol. The fraction of sp³-hybridized carbons (Fsp3) is 0.500. The lowest BCUT2D eigenvalue weighted by Crippen LogP contribution is -2.14. The van der Waals surface area contributed by atoms with Crippen LogP contribution in [0.1, 0.15) is 29.6 Å². The Balaban J connectivity index is 1.85. The van der Waals surface area contributed by atoms with Crippen molar-refractivity contribution in [2.75, 3.05) is 11.9 Å². The molecule has 1 saturated carbocycles. The summed E-state index contributed by atoms with van der Waals surface area (Å²) in [7, 11) is 0. The molecule has 0 aliphatic heterocycles. The predicted molar refractivity (Wildman–Crippen MR) is 64.6 cm³/mol. The summed E-state index contributed by atoms with van der Waals surface area (Å²) in [6.07, 6.45) is 4.11. The molecule has 1 aromatic rings. The van der Waals surface area contributed by atoms with Crippen LogP contribution in [0.25, 0.3) is 0 Å². The van der Waals surface area contributed by atoms with Crippen LogP contribution in [0.3, 0.4) is 0 Å². The number of pyridine rings is 1. The maximum atomic E-state index is 10.8. The molecule has 0 radical (unpaired) electrons. The minimum Gasteiger partial charge on any atom is -0.393 e. The first-order chi connectivity index (χ1) is 8.15. The summed E-state index contributed by atoms with van der Waals surface area (Å²) in [4.78, 5) is 15.0. The first-order valence-corrected chi connectivity index (χ1v) is 5.83. The lowest BCUT2D eigenvalue weighted by molar-refractivity contribution is 0.1000. The summed E-state index contributed by atoms with van der Waals surface area (Å²) in [6, 6.07) is 3.40. The molecule has 1 amide bonds. The van der Waals surface area contributed by atoms with Crippen molar-refractivity contribution in [3.63, 3.8) is 0 Å². The van der Waals surface area contributed by atoms with E-state index in [1.54, 1.807) is 12.1 Å². The second-order valence-electron chi connectivity index (χ2n) is 4.51. The van der Waals surface area contributed by atoms with Crippen LogP contribution < -0.4 is 11.1 Å². The van der Waals surface area contributed by atoms with E-state index < -0.39 is 5.91 Å². The van der Waals surface area contributed by atoms with Crippen molar-refractivity contribution < 1.29 is 9.90 Å². The van der Waals surface area contributed by atoms with Gasteiger partial charge in [0.25, 0.3) is 0 Å². The van der Waals surface area contributed by atoms with Gasteiger partial charge in [-0.3, -0.25) is 4.79 Å². The Morgan fingerprint density at radius 1 is 1.53 bits per heavy atom. The number of anilines is 1. The number of hydrogen-bond acceptors (Lipinski definition) is 4. The Kier molecular flexibility index (Phi) is 3.58. The zero-order valence-corrected chi connectivity index (χ0v) is 9.60. The number of rotatable bonds is 4. The number of nitrogens with two attached hydrogens (primary N) is 1. The van der Waals surface area contributed by atoms with Gasteiger partial charge in [-0.2, -0.15) is 0 Å². The quantitative estimate of drug-likeness (QED) is 0.718. The van der Waals surface area contributed by atoms with Crippen molar-refractivity contribution in [2.45, 2.75) is 25.4 Å². The molecular weight excluding hydrogens is 218 g/mol. The SMILES string of the molecule is NC(=O)c1ccc(NCC2CCC(O)C2)nc1. The summed E-state index contributed by atoms with van der Waals surface area (Å²) in [5.41, 5.74) is 5.53. The van der Waals surface area contributed by atoms with Crippen LogP contribution in [0.5, 0.6) is 0 Å². The molecule has 5 heteroatoms. The lowest BCUT2D eigenvalue weighted by atomic mass is 10.1. The highest BCUT2D eigenvalue weighted by Gasteiger charge is 2.22. The summed E-state index contributed by atoms with van der Waals surface area (Å²) in [5, 5.41) is 12.6. The summed E-state index contributed by atoms with van der Waals surface area (Å²) in [6.45, 7) is 0.806. The van der Waals surface area contributed by atoms with Crippen LogP contribution in [0.4, 0.5) is 5.82 Å². The highest BCUT2D eigenvalue weighted by molar-refractivity contribution is 5.92. The van der Waals surface area contributed by atoms with Crippen LogP contribution in [-0.4, -0.2) is 28.6 Å². The van der Waals surface area contributed by atoms with Crippen LogP contribution in [0.2, 0.25) is 0 Å². The number of carbonyl (C=O) groups is 1. The van der Waals surface area contributed by atoms with E-state index in [-0.39, 0.29) is 6.10 Å². The van der Waals surface area contributed by atoms with Gasteiger partial charge < -0.3 is 16.2 Å². The van der Waals surface area contributed by atoms with E-state index in [0.29, 0.717) is 11.5 Å². The molecule has 1 fully saturated rings. The summed E-state index contributed by atoms with van der Waals surface area (Å²) in [5.74, 6) is 0.766. The summed E-state index contributed by atoms with van der Waals surface area (Å²) >= 11 is 0. The number of nitrogens with one attached hydrogen (secondary N) is 1. The van der Waals surface area contributed by atoms with Gasteiger partial charge in [0.05, 0.1) is 11.7 Å². The zero-order chi connectivity index (χ0) is 12.3. The third kappa shape index (κ3) is 3.17. The third-order valence-electron chi connectivity index (χ3n) is 3.13. The van der Waals surface area contributed by atoms with E-state index in [0.717, 1.165) is 31.6 Å². The number of aliphatic hydroxyl groups is 1. The minimum absolute atomic E-state index is 0.146. The van der Waals surface area contributed by atoms with Crippen molar-refractivity contribution in [3.8, 4) is 0 Å². The molecule has 0 saturated heterocycles. The third-order valence-corrected chi connectivity index (χ3v) is 3.13. The molecule has 92 valence electrons. The van der Waals surface area contributed by atoms with Crippen LogP contribution in [-0.2, 0) is 0 Å². The highest BCUT2D eigenvalue weighted by atomic mass is 16.3. The number of amides is 1. The Labute approximate surface area is 100 Å². The van der Waals surface area contributed by atoms with Gasteiger partial charge in [-0.1, -0.05) is 0 Å². The second-order valence-corrected chi connectivity index (χ2v) is 4.51. The first-order valence-electron chi connectivity index (χ1n) is 5.83. The van der Waals surface area contributed by atoms with Gasteiger partial charge in [0.2, 0.25) is 5.91 Å². The maximum Gasteiger partial charge on any atom is 0.250 e. The van der Waals surface area contributed by atoms with Crippen LogP contribution in [0, 0.1) is 5.92 Å². The molecule has 17 heavy (non-hydrogen) atoms. The van der Waals surface area contributed by atoms with Gasteiger partial charge in [0.1, 0.15) is 5.82 Å². The largest absolute Gasteiger partial charge is 0.393 e. The molecule has 4 N–H and O–H groups in total. The first kappa shape index (κ1) is 11.9. The van der Waals surface area contributed by atoms with Crippen molar-refractivity contribution in [1.29, 1.82) is 0 Å². The van der Waals surface area contributed by atoms with Gasteiger partial charge in [-0.25, -0.2) is 4.98 Å². The number of aliphatic hydroxyl groups excluding tert-OH is 1. The lowest BCUT2D eigenvalue weighted by Gasteiger charge is -2.11. The molecule has 1 aliphatic carbocycles. The van der Waals surface area contributed by atoms with Crippen LogP contribution in [0.15, 0.2) is 18.3 Å². The number of carbonyl (C=O) groups excluding carboxylic acids is 1. The zero-order valence-electron chi connectivity index (χ0n) is 9.60. The van der Waals surface area contributed by atoms with E-state index in [4.69, 9.17) is 5.73 Å². The van der Waals surface area contributed by atoms with Crippen molar-refractivity contribution in [2.24, 2.45) is 11.7 Å². The average molecular weight is 235 g/mol. The Morgan fingerprint density at radius 2 is 2.35 bits per heavy atom. The average Bonchev–Trinajstić information content (AvgIpc) is 2.73. The number of nitrogens with zero attached hydrogens (tertiary/aromatic N) is 1.